The van der Waals surface area contributed by atoms with E-state index in [1.165, 1.54) is 11.3 Å². The van der Waals surface area contributed by atoms with E-state index in [1.54, 1.807) is 0 Å². The van der Waals surface area contributed by atoms with Crippen LogP contribution in [-0.2, 0) is 11.2 Å². The fourth-order valence-corrected chi connectivity index (χ4v) is 4.08. The van der Waals surface area contributed by atoms with Crippen molar-refractivity contribution >= 4 is 28.8 Å². The topological polar surface area (TPSA) is 62.7 Å². The van der Waals surface area contributed by atoms with Gasteiger partial charge in [0.1, 0.15) is 5.75 Å². The average molecular weight is 423 g/mol. The quantitative estimate of drug-likeness (QED) is 0.622. The maximum Gasteiger partial charge on any atom is 0.301 e. The molecule has 1 aromatic heterocycles. The normalized spacial score (nSPS) is 18.7. The third kappa shape index (κ3) is 3.93. The number of hydrogen-bond acceptors (Lipinski definition) is 5. The van der Waals surface area contributed by atoms with Crippen molar-refractivity contribution in [2.24, 2.45) is 4.99 Å². The zero-order valence-corrected chi connectivity index (χ0v) is 17.5. The lowest BCUT2D eigenvalue weighted by Crippen LogP contribution is -2.36. The highest BCUT2D eigenvalue weighted by Gasteiger charge is 2.26. The molecule has 2 aliphatic rings. The molecule has 2 aliphatic heterocycles. The lowest BCUT2D eigenvalue weighted by molar-refractivity contribution is 0.122. The lowest BCUT2D eigenvalue weighted by Gasteiger charge is -2.29. The van der Waals surface area contributed by atoms with Gasteiger partial charge in [-0.25, -0.2) is 4.99 Å². The van der Waals surface area contributed by atoms with Gasteiger partial charge >= 0.3 is 6.01 Å². The van der Waals surface area contributed by atoms with Gasteiger partial charge in [-0.2, -0.15) is 4.98 Å². The van der Waals surface area contributed by atoms with Gasteiger partial charge in [-0.3, -0.25) is 0 Å². The Morgan fingerprint density at radius 2 is 1.80 bits per heavy atom. The second-order valence-corrected chi connectivity index (χ2v) is 8.10. The Balaban J connectivity index is 1.36. The van der Waals surface area contributed by atoms with Crippen molar-refractivity contribution in [2.45, 2.75) is 18.7 Å². The SMILES string of the molecule is Cc1ccc(Oc2nc3c([nH]2)CC(Cl)C(c2ccc(N4CCOCC4)cc2)=N3)cc1. The number of aliphatic imine (C=N–C) groups is 1. The first-order chi connectivity index (χ1) is 14.7. The van der Waals surface area contributed by atoms with Crippen molar-refractivity contribution < 1.29 is 9.47 Å². The molecule has 0 bridgehead atoms. The van der Waals surface area contributed by atoms with Gasteiger partial charge < -0.3 is 19.4 Å². The van der Waals surface area contributed by atoms with Gasteiger partial charge in [-0.15, -0.1) is 11.6 Å². The van der Waals surface area contributed by atoms with E-state index in [0.717, 1.165) is 49.0 Å². The first kappa shape index (κ1) is 19.2. The minimum atomic E-state index is -0.223. The van der Waals surface area contributed by atoms with Gasteiger partial charge in [0.25, 0.3) is 0 Å². The predicted octanol–water partition coefficient (Wildman–Crippen LogP) is 4.63. The Hall–Kier alpha value is -2.83. The number of benzene rings is 2. The molecule has 3 heterocycles. The summed E-state index contributed by atoms with van der Waals surface area (Å²) in [6.45, 7) is 5.41. The molecule has 0 saturated carbocycles. The van der Waals surface area contributed by atoms with Gasteiger partial charge in [0.15, 0.2) is 5.82 Å². The summed E-state index contributed by atoms with van der Waals surface area (Å²) in [6, 6.07) is 16.7. The lowest BCUT2D eigenvalue weighted by atomic mass is 10.0. The molecule has 6 nitrogen and oxygen atoms in total. The van der Waals surface area contributed by atoms with Gasteiger partial charge in [0.2, 0.25) is 0 Å². The van der Waals surface area contributed by atoms with Crippen molar-refractivity contribution in [3.8, 4) is 11.8 Å². The Morgan fingerprint density at radius 1 is 1.07 bits per heavy atom. The van der Waals surface area contributed by atoms with Gasteiger partial charge in [-0.05, 0) is 36.8 Å². The summed E-state index contributed by atoms with van der Waals surface area (Å²) in [6.07, 6.45) is 0.630. The third-order valence-electron chi connectivity index (χ3n) is 5.42. The number of halogens is 1. The number of anilines is 1. The number of rotatable bonds is 4. The Kier molecular flexibility index (Phi) is 5.19. The second kappa shape index (κ2) is 8.13. The number of imidazole rings is 1. The Labute approximate surface area is 180 Å². The highest BCUT2D eigenvalue weighted by Crippen LogP contribution is 2.32. The molecule has 1 saturated heterocycles. The van der Waals surface area contributed by atoms with E-state index >= 15 is 0 Å². The van der Waals surface area contributed by atoms with Gasteiger partial charge in [0.05, 0.1) is 30.0 Å². The van der Waals surface area contributed by atoms with Crippen molar-refractivity contribution in [3.05, 3.63) is 65.4 Å². The molecule has 2 aromatic carbocycles. The molecule has 5 rings (SSSR count). The average Bonchev–Trinajstić information content (AvgIpc) is 3.16. The van der Waals surface area contributed by atoms with Crippen molar-refractivity contribution in [1.29, 1.82) is 0 Å². The first-order valence-electron chi connectivity index (χ1n) is 10.1. The molecule has 0 spiro atoms. The highest BCUT2D eigenvalue weighted by molar-refractivity contribution is 6.36. The fourth-order valence-electron chi connectivity index (χ4n) is 3.75. The summed E-state index contributed by atoms with van der Waals surface area (Å²) in [5, 5.41) is -0.223. The van der Waals surface area contributed by atoms with E-state index in [1.807, 2.05) is 31.2 Å². The minimum Gasteiger partial charge on any atom is -0.426 e. The summed E-state index contributed by atoms with van der Waals surface area (Å²) < 4.78 is 11.3. The second-order valence-electron chi connectivity index (χ2n) is 7.57. The van der Waals surface area contributed by atoms with E-state index in [4.69, 9.17) is 26.1 Å². The molecule has 1 fully saturated rings. The summed E-state index contributed by atoms with van der Waals surface area (Å²) in [4.78, 5) is 14.8. The number of aromatic nitrogens is 2. The van der Waals surface area contributed by atoms with Gasteiger partial charge in [-0.1, -0.05) is 29.8 Å². The fraction of sp³-hybridized carbons (Fsp3) is 0.304. The molecule has 1 unspecified atom stereocenters. The number of aromatic amines is 1. The standard InChI is InChI=1S/C23H23ClN4O2/c1-15-2-8-18(9-3-15)30-23-25-20-14-19(24)21(26-22(20)27-23)16-4-6-17(7-5-16)28-10-12-29-13-11-28/h2-9,19H,10-14H2,1H3,(H,25,27). The number of morpholine rings is 1. The van der Waals surface area contributed by atoms with E-state index in [-0.39, 0.29) is 5.38 Å². The smallest absolute Gasteiger partial charge is 0.301 e. The summed E-state index contributed by atoms with van der Waals surface area (Å²) >= 11 is 6.67. The van der Waals surface area contributed by atoms with Crippen LogP contribution in [0.4, 0.5) is 11.5 Å². The number of alkyl halides is 1. The minimum absolute atomic E-state index is 0.223. The van der Waals surface area contributed by atoms with E-state index in [0.29, 0.717) is 18.2 Å². The van der Waals surface area contributed by atoms with Crippen molar-refractivity contribution in [2.75, 3.05) is 31.2 Å². The number of ether oxygens (including phenoxy) is 2. The maximum absolute atomic E-state index is 6.67. The zero-order chi connectivity index (χ0) is 20.5. The van der Waals surface area contributed by atoms with Crippen LogP contribution >= 0.6 is 11.6 Å². The maximum atomic E-state index is 6.67. The Bertz CT molecular complexity index is 1050. The van der Waals surface area contributed by atoms with Crippen LogP contribution in [-0.4, -0.2) is 47.4 Å². The van der Waals surface area contributed by atoms with E-state index in [9.17, 15) is 0 Å². The number of aryl methyl sites for hydroxylation is 1. The predicted molar refractivity (Wildman–Crippen MR) is 119 cm³/mol. The van der Waals surface area contributed by atoms with Crippen LogP contribution in [0.25, 0.3) is 0 Å². The molecule has 0 radical (unpaired) electrons. The van der Waals surface area contributed by atoms with Crippen LogP contribution in [0.3, 0.4) is 0 Å². The number of H-pyrrole nitrogens is 1. The summed E-state index contributed by atoms with van der Waals surface area (Å²) in [7, 11) is 0. The van der Waals surface area contributed by atoms with Crippen molar-refractivity contribution in [1.82, 2.24) is 9.97 Å². The molecule has 154 valence electrons. The van der Waals surface area contributed by atoms with Crippen LogP contribution in [0.2, 0.25) is 0 Å². The largest absolute Gasteiger partial charge is 0.426 e. The molecule has 0 aliphatic carbocycles. The van der Waals surface area contributed by atoms with E-state index < -0.39 is 0 Å². The molecule has 1 N–H and O–H groups in total. The van der Waals surface area contributed by atoms with Gasteiger partial charge in [0, 0.05) is 25.2 Å². The molecule has 7 heteroatoms. The number of nitrogens with one attached hydrogen (secondary N) is 1. The summed E-state index contributed by atoms with van der Waals surface area (Å²) in [5.74, 6) is 1.37. The number of hydrogen-bond donors (Lipinski definition) is 1. The zero-order valence-electron chi connectivity index (χ0n) is 16.8. The monoisotopic (exact) mass is 422 g/mol. The van der Waals surface area contributed by atoms with E-state index in [2.05, 4.69) is 39.1 Å². The van der Waals surface area contributed by atoms with Crippen LogP contribution in [0.5, 0.6) is 11.8 Å². The highest BCUT2D eigenvalue weighted by atomic mass is 35.5. The number of fused-ring (bicyclic) bond motifs is 1. The van der Waals surface area contributed by atoms with Crippen LogP contribution in [0, 0.1) is 6.92 Å². The third-order valence-corrected chi connectivity index (χ3v) is 5.78. The van der Waals surface area contributed by atoms with Crippen LogP contribution < -0.4 is 9.64 Å². The molecular weight excluding hydrogens is 400 g/mol. The van der Waals surface area contributed by atoms with Crippen LogP contribution in [0.1, 0.15) is 16.8 Å². The number of nitrogens with zero attached hydrogens (tertiary/aromatic N) is 3. The van der Waals surface area contributed by atoms with Crippen LogP contribution in [0.15, 0.2) is 53.5 Å². The van der Waals surface area contributed by atoms with Crippen molar-refractivity contribution in [3.63, 3.8) is 0 Å². The molecular formula is C23H23ClN4O2. The Morgan fingerprint density at radius 3 is 2.53 bits per heavy atom. The molecule has 3 aromatic rings. The first-order valence-corrected chi connectivity index (χ1v) is 10.6. The molecule has 0 amide bonds. The molecule has 30 heavy (non-hydrogen) atoms. The molecule has 1 atom stereocenters. The summed E-state index contributed by atoms with van der Waals surface area (Å²) in [5.41, 5.74) is 5.12.